The number of amides is 1. The third-order valence-corrected chi connectivity index (χ3v) is 9.03. The molecule has 1 amide bonds. The van der Waals surface area contributed by atoms with Gasteiger partial charge in [-0.2, -0.15) is 0 Å². The van der Waals surface area contributed by atoms with Gasteiger partial charge in [0.05, 0.1) is 27.5 Å². The highest BCUT2D eigenvalue weighted by molar-refractivity contribution is 7.92. The maximum Gasteiger partial charge on any atom is 0.261 e. The Morgan fingerprint density at radius 1 is 1.02 bits per heavy atom. The molecule has 2 N–H and O–H groups in total. The maximum absolute atomic E-state index is 13.2. The summed E-state index contributed by atoms with van der Waals surface area (Å²) < 4.78 is 48.0. The number of carbonyl (C=O) groups is 1. The fourth-order valence-electron chi connectivity index (χ4n) is 4.49. The summed E-state index contributed by atoms with van der Waals surface area (Å²) in [6.07, 6.45) is 0. The zero-order valence-corrected chi connectivity index (χ0v) is 23.6. The molecule has 0 saturated carbocycles. The summed E-state index contributed by atoms with van der Waals surface area (Å²) in [5.74, 6) is -0.106. The fourth-order valence-corrected chi connectivity index (χ4v) is 6.61. The number of thiazole rings is 1. The van der Waals surface area contributed by atoms with Crippen molar-refractivity contribution in [3.63, 3.8) is 0 Å². The van der Waals surface area contributed by atoms with Gasteiger partial charge in [-0.25, -0.2) is 17.8 Å². The summed E-state index contributed by atoms with van der Waals surface area (Å²) in [6.45, 7) is 6.95. The van der Waals surface area contributed by atoms with Crippen molar-refractivity contribution in [1.29, 1.82) is 0 Å². The van der Waals surface area contributed by atoms with E-state index >= 15 is 0 Å². The highest BCUT2D eigenvalue weighted by Gasteiger charge is 2.22. The van der Waals surface area contributed by atoms with Gasteiger partial charge in [-0.3, -0.25) is 14.4 Å². The van der Waals surface area contributed by atoms with E-state index in [1.54, 1.807) is 29.5 Å². The van der Waals surface area contributed by atoms with Gasteiger partial charge < -0.3 is 15.0 Å². The standard InChI is InChI=1S/C28H30FN5O4S2/c1-2-38-24-8-5-9-25-26(24)31-28(39-25)34-18-16-33(17-19-34)15-14-30-27(35)22-6-3-4-7-23(22)32-40(36,37)21-12-10-20(29)11-13-21/h3-13,32H,2,14-19H2,1H3,(H,30,35). The van der Waals surface area contributed by atoms with Crippen LogP contribution in [0.1, 0.15) is 17.3 Å². The smallest absolute Gasteiger partial charge is 0.261 e. The van der Waals surface area contributed by atoms with Crippen LogP contribution < -0.4 is 19.7 Å². The normalized spacial score (nSPS) is 14.3. The number of sulfonamides is 1. The van der Waals surface area contributed by atoms with Crippen LogP contribution in [0.2, 0.25) is 0 Å². The number of hydrogen-bond acceptors (Lipinski definition) is 8. The second-order valence-corrected chi connectivity index (χ2v) is 11.9. The van der Waals surface area contributed by atoms with E-state index < -0.39 is 15.8 Å². The van der Waals surface area contributed by atoms with Crippen LogP contribution in [0.15, 0.2) is 71.6 Å². The van der Waals surface area contributed by atoms with Crippen molar-refractivity contribution in [2.45, 2.75) is 11.8 Å². The molecule has 3 aromatic carbocycles. The number of aromatic nitrogens is 1. The molecule has 1 aliphatic heterocycles. The number of halogens is 1. The molecule has 1 aromatic heterocycles. The van der Waals surface area contributed by atoms with Crippen molar-refractivity contribution in [3.8, 4) is 5.75 Å². The van der Waals surface area contributed by atoms with Crippen molar-refractivity contribution in [2.75, 3.05) is 55.5 Å². The minimum atomic E-state index is -3.99. The van der Waals surface area contributed by atoms with Crippen LogP contribution in [0, 0.1) is 5.82 Å². The van der Waals surface area contributed by atoms with Gasteiger partial charge >= 0.3 is 0 Å². The number of ether oxygens (including phenoxy) is 1. The van der Waals surface area contributed by atoms with Crippen LogP contribution in [-0.4, -0.2) is 70.1 Å². The molecule has 0 spiro atoms. The van der Waals surface area contributed by atoms with Crippen LogP contribution in [0.3, 0.4) is 0 Å². The maximum atomic E-state index is 13.2. The molecule has 0 bridgehead atoms. The van der Waals surface area contributed by atoms with Crippen LogP contribution >= 0.6 is 11.3 Å². The molecule has 40 heavy (non-hydrogen) atoms. The molecular weight excluding hydrogens is 553 g/mol. The first-order valence-electron chi connectivity index (χ1n) is 13.0. The number of benzene rings is 3. The van der Waals surface area contributed by atoms with E-state index in [0.29, 0.717) is 19.7 Å². The molecule has 1 fully saturated rings. The molecule has 12 heteroatoms. The predicted molar refractivity (Wildman–Crippen MR) is 155 cm³/mol. The number of carbonyl (C=O) groups excluding carboxylic acids is 1. The van der Waals surface area contributed by atoms with Gasteiger partial charge in [0, 0.05) is 39.3 Å². The Labute approximate surface area is 236 Å². The lowest BCUT2D eigenvalue weighted by Gasteiger charge is -2.34. The molecule has 210 valence electrons. The van der Waals surface area contributed by atoms with Crippen LogP contribution in [0.5, 0.6) is 5.75 Å². The Morgan fingerprint density at radius 3 is 2.52 bits per heavy atom. The molecule has 5 rings (SSSR count). The number of rotatable bonds is 10. The molecule has 2 heterocycles. The van der Waals surface area contributed by atoms with E-state index in [9.17, 15) is 17.6 Å². The van der Waals surface area contributed by atoms with Gasteiger partial charge in [0.15, 0.2) is 5.13 Å². The Balaban J connectivity index is 1.14. The van der Waals surface area contributed by atoms with E-state index in [-0.39, 0.29) is 22.1 Å². The van der Waals surface area contributed by atoms with Gasteiger partial charge in [-0.05, 0) is 55.5 Å². The van der Waals surface area contributed by atoms with E-state index in [0.717, 1.165) is 59.4 Å². The summed E-state index contributed by atoms with van der Waals surface area (Å²) in [7, 11) is -3.99. The van der Waals surface area contributed by atoms with Gasteiger partial charge in [-0.1, -0.05) is 29.5 Å². The first kappa shape index (κ1) is 27.8. The van der Waals surface area contributed by atoms with Crippen molar-refractivity contribution < 1.29 is 22.3 Å². The number of hydrogen-bond donors (Lipinski definition) is 2. The summed E-state index contributed by atoms with van der Waals surface area (Å²) >= 11 is 1.66. The Morgan fingerprint density at radius 2 is 1.77 bits per heavy atom. The highest BCUT2D eigenvalue weighted by atomic mass is 32.2. The van der Waals surface area contributed by atoms with Gasteiger partial charge in [-0.15, -0.1) is 0 Å². The monoisotopic (exact) mass is 583 g/mol. The Bertz CT molecular complexity index is 1590. The van der Waals surface area contributed by atoms with Crippen LogP contribution in [0.25, 0.3) is 10.2 Å². The van der Waals surface area contributed by atoms with E-state index in [4.69, 9.17) is 9.72 Å². The molecule has 0 radical (unpaired) electrons. The quantitative estimate of drug-likeness (QED) is 0.289. The average Bonchev–Trinajstić information content (AvgIpc) is 3.39. The van der Waals surface area contributed by atoms with E-state index in [1.165, 1.54) is 18.2 Å². The predicted octanol–water partition coefficient (Wildman–Crippen LogP) is 4.19. The number of anilines is 2. The highest BCUT2D eigenvalue weighted by Crippen LogP contribution is 2.34. The van der Waals surface area contributed by atoms with E-state index in [1.807, 2.05) is 19.1 Å². The number of nitrogens with zero attached hydrogens (tertiary/aromatic N) is 3. The lowest BCUT2D eigenvalue weighted by atomic mass is 10.1. The van der Waals surface area contributed by atoms with Gasteiger partial charge in [0.1, 0.15) is 17.1 Å². The minimum absolute atomic E-state index is 0.0937. The molecule has 1 aliphatic rings. The van der Waals surface area contributed by atoms with E-state index in [2.05, 4.69) is 25.9 Å². The summed E-state index contributed by atoms with van der Waals surface area (Å²) in [4.78, 5) is 22.2. The zero-order valence-electron chi connectivity index (χ0n) is 22.0. The Hall–Kier alpha value is -3.74. The first-order chi connectivity index (χ1) is 19.3. The van der Waals surface area contributed by atoms with Crippen molar-refractivity contribution in [3.05, 3.63) is 78.1 Å². The molecule has 0 aliphatic carbocycles. The summed E-state index contributed by atoms with van der Waals surface area (Å²) in [6, 6.07) is 16.9. The lowest BCUT2D eigenvalue weighted by Crippen LogP contribution is -2.48. The second-order valence-electron chi connectivity index (χ2n) is 9.22. The largest absolute Gasteiger partial charge is 0.492 e. The SMILES string of the molecule is CCOc1cccc2sc(N3CCN(CCNC(=O)c4ccccc4NS(=O)(=O)c4ccc(F)cc4)CC3)nc12. The molecule has 4 aromatic rings. The van der Waals surface area contributed by atoms with Crippen molar-refractivity contribution in [2.24, 2.45) is 0 Å². The average molecular weight is 584 g/mol. The van der Waals surface area contributed by atoms with Gasteiger partial charge in [0.2, 0.25) is 0 Å². The molecule has 0 atom stereocenters. The number of para-hydroxylation sites is 2. The summed E-state index contributed by atoms with van der Waals surface area (Å²) in [5.41, 5.74) is 1.26. The van der Waals surface area contributed by atoms with Gasteiger partial charge in [0.25, 0.3) is 15.9 Å². The third kappa shape index (κ3) is 6.35. The second kappa shape index (κ2) is 12.2. The molecule has 1 saturated heterocycles. The number of fused-ring (bicyclic) bond motifs is 1. The zero-order chi connectivity index (χ0) is 28.1. The van der Waals surface area contributed by atoms with Crippen LogP contribution in [-0.2, 0) is 10.0 Å². The van der Waals surface area contributed by atoms with Crippen molar-refractivity contribution in [1.82, 2.24) is 15.2 Å². The fraction of sp³-hybridized carbons (Fsp3) is 0.286. The topological polar surface area (TPSA) is 104 Å². The minimum Gasteiger partial charge on any atom is -0.492 e. The summed E-state index contributed by atoms with van der Waals surface area (Å²) in [5, 5.41) is 3.88. The van der Waals surface area contributed by atoms with Crippen LogP contribution in [0.4, 0.5) is 15.2 Å². The number of piperazine rings is 1. The number of nitrogens with one attached hydrogen (secondary N) is 2. The molecular formula is C28H30FN5O4S2. The first-order valence-corrected chi connectivity index (χ1v) is 15.3. The molecule has 9 nitrogen and oxygen atoms in total. The Kier molecular flexibility index (Phi) is 8.48. The van der Waals surface area contributed by atoms with Crippen molar-refractivity contribution >= 4 is 48.3 Å². The molecule has 0 unspecified atom stereocenters. The lowest BCUT2D eigenvalue weighted by molar-refractivity contribution is 0.0948. The third-order valence-electron chi connectivity index (χ3n) is 6.57.